The number of allylic oxidation sites excluding steroid dienone is 1. The van der Waals surface area contributed by atoms with Crippen LogP contribution in [0, 0.1) is 34.6 Å². The van der Waals surface area contributed by atoms with Gasteiger partial charge in [-0.25, -0.2) is 0 Å². The third-order valence-electron chi connectivity index (χ3n) is 6.49. The average Bonchev–Trinajstić information content (AvgIpc) is 3.11. The van der Waals surface area contributed by atoms with E-state index in [1.165, 1.54) is 56.1 Å². The van der Waals surface area contributed by atoms with Crippen molar-refractivity contribution in [3.63, 3.8) is 0 Å². The molecule has 1 atom stereocenters. The van der Waals surface area contributed by atoms with Crippen LogP contribution in [0.15, 0.2) is 35.9 Å². The molecule has 1 heteroatoms. The van der Waals surface area contributed by atoms with Gasteiger partial charge in [0.25, 0.3) is 0 Å². The normalized spacial score (nSPS) is 15.6. The summed E-state index contributed by atoms with van der Waals surface area (Å²) < 4.78 is 0. The van der Waals surface area contributed by atoms with Crippen molar-refractivity contribution in [3.05, 3.63) is 80.4 Å². The maximum atomic E-state index is 2.42. The Labute approximate surface area is 182 Å². The van der Waals surface area contributed by atoms with E-state index in [0.717, 1.165) is 6.42 Å². The molecule has 0 aliphatic heterocycles. The molecule has 3 aromatic carbocycles. The van der Waals surface area contributed by atoms with Gasteiger partial charge in [0.15, 0.2) is 0 Å². The number of rotatable bonds is 3. The molecule has 0 amide bonds. The van der Waals surface area contributed by atoms with Crippen LogP contribution in [0.3, 0.4) is 0 Å². The first kappa shape index (κ1) is 20.4. The van der Waals surface area contributed by atoms with Crippen LogP contribution in [0.2, 0.25) is 0 Å². The van der Waals surface area contributed by atoms with E-state index in [0.29, 0.717) is 5.92 Å². The molecule has 1 aliphatic rings. The minimum absolute atomic E-state index is 0. The van der Waals surface area contributed by atoms with Crippen LogP contribution in [0.1, 0.15) is 63.8 Å². The fourth-order valence-electron chi connectivity index (χ4n) is 4.97. The van der Waals surface area contributed by atoms with Gasteiger partial charge < -0.3 is 0 Å². The van der Waals surface area contributed by atoms with Crippen LogP contribution in [0.25, 0.3) is 16.8 Å². The van der Waals surface area contributed by atoms with Gasteiger partial charge in [-0.15, -0.1) is 33.5 Å². The second kappa shape index (κ2) is 7.59. The Balaban J connectivity index is 0.00000210. The molecule has 3 aromatic rings. The smallest absolute Gasteiger partial charge is 0.00531 e. The van der Waals surface area contributed by atoms with Crippen molar-refractivity contribution >= 4 is 16.8 Å². The molecule has 0 aromatic heterocycles. The van der Waals surface area contributed by atoms with Crippen LogP contribution in [-0.2, 0) is 32.3 Å². The molecular weight excluding hydrogens is 491 g/mol. The molecule has 0 fully saturated rings. The number of fused-ring (bicyclic) bond motifs is 2. The van der Waals surface area contributed by atoms with Crippen LogP contribution in [-0.4, -0.2) is 0 Å². The first-order chi connectivity index (χ1) is 12.4. The van der Waals surface area contributed by atoms with Crippen LogP contribution >= 0.6 is 0 Å². The van der Waals surface area contributed by atoms with E-state index in [4.69, 9.17) is 0 Å². The monoisotopic (exact) mass is 521 g/mol. The van der Waals surface area contributed by atoms with Gasteiger partial charge in [0.05, 0.1) is 0 Å². The van der Waals surface area contributed by atoms with E-state index < -0.39 is 0 Å². The van der Waals surface area contributed by atoms with Crippen molar-refractivity contribution in [3.8, 4) is 0 Å². The second-order valence-corrected chi connectivity index (χ2v) is 8.30. The molecule has 0 saturated heterocycles. The van der Waals surface area contributed by atoms with Crippen LogP contribution in [0.4, 0.5) is 0 Å². The summed E-state index contributed by atoms with van der Waals surface area (Å²) in [4.78, 5) is 0. The Hall–Kier alpha value is -1.34. The van der Waals surface area contributed by atoms with Crippen molar-refractivity contribution in [2.75, 3.05) is 0 Å². The van der Waals surface area contributed by atoms with Gasteiger partial charge in [-0.05, 0) is 56.4 Å². The van der Waals surface area contributed by atoms with Gasteiger partial charge in [-0.3, -0.25) is 0 Å². The summed E-state index contributed by atoms with van der Waals surface area (Å²) in [6.07, 6.45) is 4.78. The molecule has 1 aliphatic carbocycles. The molecule has 0 radical (unpaired) electrons. The number of benzene rings is 2. The van der Waals surface area contributed by atoms with Gasteiger partial charge in [0.2, 0.25) is 0 Å². The average molecular weight is 520 g/mol. The van der Waals surface area contributed by atoms with E-state index in [1.807, 2.05) is 0 Å². The Morgan fingerprint density at radius 3 is 2.19 bits per heavy atom. The van der Waals surface area contributed by atoms with Gasteiger partial charge in [0, 0.05) is 31.8 Å². The summed E-state index contributed by atoms with van der Waals surface area (Å²) in [5.74, 6) is 0.569. The molecule has 0 N–H and O–H groups in total. The molecule has 0 heterocycles. The quantitative estimate of drug-likeness (QED) is 0.253. The second-order valence-electron chi connectivity index (χ2n) is 8.30. The van der Waals surface area contributed by atoms with Crippen molar-refractivity contribution in [2.24, 2.45) is 0 Å². The van der Waals surface area contributed by atoms with Crippen LogP contribution in [0.5, 0.6) is 0 Å². The summed E-state index contributed by atoms with van der Waals surface area (Å²) in [6.45, 7) is 13.6. The Bertz CT molecular complexity index is 1050. The largest absolute Gasteiger partial charge is 0.165 e. The van der Waals surface area contributed by atoms with Crippen molar-refractivity contribution in [1.82, 2.24) is 0 Å². The van der Waals surface area contributed by atoms with Gasteiger partial charge in [-0.1, -0.05) is 55.7 Å². The SMILES string of the molecule is CC1=Cc2c(C)ccc(C)c2C1CC[c-]1c(C)cc2c(C)ccc(C)c21.[Hf]. The van der Waals surface area contributed by atoms with E-state index in [2.05, 4.69) is 78.0 Å². The molecule has 0 spiro atoms. The number of aryl methyl sites for hydroxylation is 6. The third kappa shape index (κ3) is 3.33. The van der Waals surface area contributed by atoms with E-state index in [9.17, 15) is 0 Å². The topological polar surface area (TPSA) is 0 Å². The molecular formula is C26H29Hf-. The van der Waals surface area contributed by atoms with Crippen molar-refractivity contribution < 1.29 is 25.8 Å². The minimum Gasteiger partial charge on any atom is -0.165 e. The number of hydrogen-bond donors (Lipinski definition) is 0. The molecule has 138 valence electrons. The maximum absolute atomic E-state index is 2.42. The van der Waals surface area contributed by atoms with Crippen molar-refractivity contribution in [2.45, 2.75) is 60.3 Å². The first-order valence-electron chi connectivity index (χ1n) is 9.82. The van der Waals surface area contributed by atoms with Gasteiger partial charge in [0.1, 0.15) is 0 Å². The predicted molar refractivity (Wildman–Crippen MR) is 114 cm³/mol. The first-order valence-corrected chi connectivity index (χ1v) is 9.82. The van der Waals surface area contributed by atoms with Crippen LogP contribution < -0.4 is 0 Å². The summed E-state index contributed by atoms with van der Waals surface area (Å²) in [5.41, 5.74) is 13.3. The Morgan fingerprint density at radius 2 is 1.44 bits per heavy atom. The third-order valence-corrected chi connectivity index (χ3v) is 6.49. The van der Waals surface area contributed by atoms with E-state index >= 15 is 0 Å². The Morgan fingerprint density at radius 1 is 0.815 bits per heavy atom. The molecule has 0 saturated carbocycles. The van der Waals surface area contributed by atoms with Gasteiger partial charge >= 0.3 is 0 Å². The zero-order valence-electron chi connectivity index (χ0n) is 17.5. The van der Waals surface area contributed by atoms with E-state index in [1.54, 1.807) is 11.1 Å². The zero-order valence-corrected chi connectivity index (χ0v) is 21.0. The van der Waals surface area contributed by atoms with E-state index in [-0.39, 0.29) is 25.8 Å². The summed E-state index contributed by atoms with van der Waals surface area (Å²) in [5, 5.41) is 2.95. The van der Waals surface area contributed by atoms with Gasteiger partial charge in [-0.2, -0.15) is 6.07 Å². The summed E-state index contributed by atoms with van der Waals surface area (Å²) in [7, 11) is 0. The molecule has 4 rings (SSSR count). The zero-order chi connectivity index (χ0) is 18.6. The molecule has 0 bridgehead atoms. The fourth-order valence-corrected chi connectivity index (χ4v) is 4.97. The van der Waals surface area contributed by atoms with Crippen molar-refractivity contribution in [1.29, 1.82) is 0 Å². The molecule has 0 nitrogen and oxygen atoms in total. The molecule has 1 unspecified atom stereocenters. The minimum atomic E-state index is 0. The molecule has 27 heavy (non-hydrogen) atoms. The predicted octanol–water partition coefficient (Wildman–Crippen LogP) is 7.23. The summed E-state index contributed by atoms with van der Waals surface area (Å²) >= 11 is 0. The standard InChI is InChI=1S/C26H29.Hf/c1-15-7-9-17(3)25-21(19(5)13-23(15)25)11-12-22-20(6)14-24-16(2)8-10-18(4)26(22)24;/h7-10,13-14,21H,11-12H2,1-6H3;/q-1;. The maximum Gasteiger partial charge on any atom is 0.00531 e. The Kier molecular flexibility index (Phi) is 5.73. The number of hydrogen-bond acceptors (Lipinski definition) is 0. The summed E-state index contributed by atoms with van der Waals surface area (Å²) in [6, 6.07) is 11.5. The fraction of sp³-hybridized carbons (Fsp3) is 0.346.